The summed E-state index contributed by atoms with van der Waals surface area (Å²) in [6.45, 7) is 14.1. The van der Waals surface area contributed by atoms with Crippen molar-refractivity contribution in [2.75, 3.05) is 13.1 Å². The van der Waals surface area contributed by atoms with Gasteiger partial charge in [0.2, 0.25) is 0 Å². The highest BCUT2D eigenvalue weighted by Crippen LogP contribution is 2.35. The zero-order valence-corrected chi connectivity index (χ0v) is 11.6. The van der Waals surface area contributed by atoms with Crippen LogP contribution in [-0.2, 0) is 0 Å². The monoisotopic (exact) mass is 224 g/mol. The molecule has 1 saturated carbocycles. The van der Waals surface area contributed by atoms with Crippen LogP contribution in [-0.4, -0.2) is 35.6 Å². The van der Waals surface area contributed by atoms with Crippen molar-refractivity contribution in [3.8, 4) is 0 Å². The lowest BCUT2D eigenvalue weighted by atomic mass is 9.78. The number of nitrogens with one attached hydrogen (secondary N) is 1. The zero-order chi connectivity index (χ0) is 11.9. The molecule has 2 rings (SSSR count). The highest BCUT2D eigenvalue weighted by molar-refractivity contribution is 4.98. The van der Waals surface area contributed by atoms with E-state index in [1.807, 2.05) is 0 Å². The Hall–Kier alpha value is -0.0800. The quantitative estimate of drug-likeness (QED) is 0.775. The molecule has 0 aromatic rings. The maximum Gasteiger partial charge on any atom is 0.0253 e. The van der Waals surface area contributed by atoms with Gasteiger partial charge in [-0.25, -0.2) is 0 Å². The molecule has 1 aliphatic heterocycles. The number of hydrogen-bond acceptors (Lipinski definition) is 2. The van der Waals surface area contributed by atoms with Crippen LogP contribution < -0.4 is 5.32 Å². The molecule has 0 bridgehead atoms. The van der Waals surface area contributed by atoms with E-state index in [4.69, 9.17) is 0 Å². The van der Waals surface area contributed by atoms with Crippen molar-refractivity contribution in [1.29, 1.82) is 0 Å². The summed E-state index contributed by atoms with van der Waals surface area (Å²) in [6, 6.07) is 1.61. The topological polar surface area (TPSA) is 15.3 Å². The molecule has 2 fully saturated rings. The van der Waals surface area contributed by atoms with E-state index in [2.05, 4.69) is 44.8 Å². The van der Waals surface area contributed by atoms with Gasteiger partial charge < -0.3 is 5.32 Å². The Balaban J connectivity index is 2.03. The predicted octanol–water partition coefficient (Wildman–Crippen LogP) is 2.49. The van der Waals surface area contributed by atoms with Crippen molar-refractivity contribution < 1.29 is 0 Å². The van der Waals surface area contributed by atoms with Crippen molar-refractivity contribution in [2.45, 2.75) is 65.1 Å². The molecule has 0 radical (unpaired) electrons. The van der Waals surface area contributed by atoms with E-state index in [1.165, 1.54) is 19.4 Å². The van der Waals surface area contributed by atoms with Crippen molar-refractivity contribution in [3.05, 3.63) is 0 Å². The minimum absolute atomic E-state index is 0.296. The van der Waals surface area contributed by atoms with E-state index in [0.29, 0.717) is 5.54 Å². The molecule has 0 aromatic carbocycles. The van der Waals surface area contributed by atoms with Gasteiger partial charge in [0.1, 0.15) is 0 Å². The normalized spacial score (nSPS) is 39.8. The first-order valence-electron chi connectivity index (χ1n) is 6.90. The fraction of sp³-hybridized carbons (Fsp3) is 1.00. The van der Waals surface area contributed by atoms with Crippen molar-refractivity contribution >= 4 is 0 Å². The van der Waals surface area contributed by atoms with Gasteiger partial charge in [-0.3, -0.25) is 4.90 Å². The van der Waals surface area contributed by atoms with Crippen LogP contribution in [0.3, 0.4) is 0 Å². The second-order valence-electron chi connectivity index (χ2n) is 6.98. The Kier molecular flexibility index (Phi) is 3.33. The highest BCUT2D eigenvalue weighted by atomic mass is 15.3. The number of piperazine rings is 1. The van der Waals surface area contributed by atoms with Gasteiger partial charge >= 0.3 is 0 Å². The average Bonchev–Trinajstić information content (AvgIpc) is 2.10. The third kappa shape index (κ3) is 2.43. The smallest absolute Gasteiger partial charge is 0.0253 e. The van der Waals surface area contributed by atoms with Crippen LogP contribution in [0.4, 0.5) is 0 Å². The van der Waals surface area contributed by atoms with Gasteiger partial charge in [-0.1, -0.05) is 20.8 Å². The molecule has 94 valence electrons. The molecular formula is C14H28N2. The van der Waals surface area contributed by atoms with Crippen LogP contribution in [0.2, 0.25) is 0 Å². The third-order valence-electron chi connectivity index (χ3n) is 4.38. The van der Waals surface area contributed by atoms with Crippen LogP contribution in [0, 0.1) is 11.8 Å². The molecule has 1 aliphatic carbocycles. The maximum absolute atomic E-state index is 3.69. The molecule has 1 saturated heterocycles. The van der Waals surface area contributed by atoms with Crippen LogP contribution in [0.1, 0.15) is 47.5 Å². The highest BCUT2D eigenvalue weighted by Gasteiger charge is 2.41. The molecule has 0 aromatic heterocycles. The van der Waals surface area contributed by atoms with Gasteiger partial charge in [0.15, 0.2) is 0 Å². The summed E-state index contributed by atoms with van der Waals surface area (Å²) >= 11 is 0. The summed E-state index contributed by atoms with van der Waals surface area (Å²) in [4.78, 5) is 2.79. The minimum Gasteiger partial charge on any atom is -0.309 e. The Bertz CT molecular complexity index is 241. The van der Waals surface area contributed by atoms with Crippen molar-refractivity contribution in [3.63, 3.8) is 0 Å². The zero-order valence-electron chi connectivity index (χ0n) is 11.6. The Morgan fingerprint density at radius 2 is 1.88 bits per heavy atom. The molecule has 0 amide bonds. The Morgan fingerprint density at radius 1 is 1.25 bits per heavy atom. The summed E-state index contributed by atoms with van der Waals surface area (Å²) in [5.41, 5.74) is 0.296. The van der Waals surface area contributed by atoms with E-state index in [-0.39, 0.29) is 0 Å². The lowest BCUT2D eigenvalue weighted by Crippen LogP contribution is -2.66. The second kappa shape index (κ2) is 4.30. The molecule has 1 heterocycles. The van der Waals surface area contributed by atoms with Gasteiger partial charge in [-0.05, 0) is 38.5 Å². The number of nitrogens with zero attached hydrogens (tertiary/aromatic N) is 1. The van der Waals surface area contributed by atoms with Crippen molar-refractivity contribution in [2.24, 2.45) is 11.8 Å². The van der Waals surface area contributed by atoms with E-state index in [0.717, 1.165) is 30.5 Å². The summed E-state index contributed by atoms with van der Waals surface area (Å²) in [5, 5.41) is 3.69. The molecule has 2 heteroatoms. The van der Waals surface area contributed by atoms with Gasteiger partial charge in [0.25, 0.3) is 0 Å². The van der Waals surface area contributed by atoms with E-state index >= 15 is 0 Å². The molecule has 1 unspecified atom stereocenters. The van der Waals surface area contributed by atoms with E-state index in [9.17, 15) is 0 Å². The first kappa shape index (κ1) is 12.4. The fourth-order valence-corrected chi connectivity index (χ4v) is 3.28. The lowest BCUT2D eigenvalue weighted by Gasteiger charge is -2.53. The summed E-state index contributed by atoms with van der Waals surface area (Å²) in [5.74, 6) is 1.72. The molecule has 2 nitrogen and oxygen atoms in total. The van der Waals surface area contributed by atoms with Crippen molar-refractivity contribution in [1.82, 2.24) is 10.2 Å². The molecule has 1 atom stereocenters. The van der Waals surface area contributed by atoms with Crippen LogP contribution in [0.25, 0.3) is 0 Å². The lowest BCUT2D eigenvalue weighted by molar-refractivity contribution is -0.0151. The summed E-state index contributed by atoms with van der Waals surface area (Å²) in [7, 11) is 0. The maximum atomic E-state index is 3.69. The first-order chi connectivity index (χ1) is 7.39. The molecule has 16 heavy (non-hydrogen) atoms. The van der Waals surface area contributed by atoms with Gasteiger partial charge in [0, 0.05) is 30.7 Å². The molecule has 2 aliphatic rings. The summed E-state index contributed by atoms with van der Waals surface area (Å²) < 4.78 is 0. The van der Waals surface area contributed by atoms with Gasteiger partial charge in [-0.15, -0.1) is 0 Å². The van der Waals surface area contributed by atoms with E-state index in [1.54, 1.807) is 0 Å². The average molecular weight is 224 g/mol. The first-order valence-corrected chi connectivity index (χ1v) is 6.90. The second-order valence-corrected chi connectivity index (χ2v) is 6.98. The van der Waals surface area contributed by atoms with Crippen LogP contribution in [0.15, 0.2) is 0 Å². The standard InChI is InChI=1S/C14H28N2/c1-10(2)13-8-15-14(4,5)9-16(13)12-6-11(3)7-12/h10-13,15H,6-9H2,1-5H3. The Labute approximate surface area is 101 Å². The van der Waals surface area contributed by atoms with E-state index < -0.39 is 0 Å². The molecule has 0 spiro atoms. The van der Waals surface area contributed by atoms with Gasteiger partial charge in [0.05, 0.1) is 0 Å². The molecular weight excluding hydrogens is 196 g/mol. The number of rotatable bonds is 2. The summed E-state index contributed by atoms with van der Waals surface area (Å²) in [6.07, 6.45) is 2.83. The molecule has 1 N–H and O–H groups in total. The predicted molar refractivity (Wildman–Crippen MR) is 69.6 cm³/mol. The SMILES string of the molecule is CC1CC(N2CC(C)(C)NCC2C(C)C)C1. The van der Waals surface area contributed by atoms with Crippen LogP contribution >= 0.6 is 0 Å². The Morgan fingerprint density at radius 3 is 2.38 bits per heavy atom. The van der Waals surface area contributed by atoms with Gasteiger partial charge in [-0.2, -0.15) is 0 Å². The number of hydrogen-bond donors (Lipinski definition) is 1. The third-order valence-corrected chi connectivity index (χ3v) is 4.38. The minimum atomic E-state index is 0.296. The fourth-order valence-electron chi connectivity index (χ4n) is 3.28. The van der Waals surface area contributed by atoms with Crippen LogP contribution in [0.5, 0.6) is 0 Å². The largest absolute Gasteiger partial charge is 0.309 e.